The highest BCUT2D eigenvalue weighted by Crippen LogP contribution is 2.29. The zero-order chi connectivity index (χ0) is 14.4. The minimum absolute atomic E-state index is 0.731. The van der Waals surface area contributed by atoms with E-state index in [4.69, 9.17) is 4.42 Å². The highest BCUT2D eigenvalue weighted by atomic mass is 16.3. The van der Waals surface area contributed by atoms with Crippen LogP contribution in [-0.4, -0.2) is 24.5 Å². The lowest BCUT2D eigenvalue weighted by molar-refractivity contribution is 0.148. The van der Waals surface area contributed by atoms with Gasteiger partial charge in [0.2, 0.25) is 0 Å². The smallest absolute Gasteiger partial charge is 0.122 e. The summed E-state index contributed by atoms with van der Waals surface area (Å²) >= 11 is 0. The molecule has 0 spiro atoms. The Morgan fingerprint density at radius 2 is 2.00 bits per heavy atom. The van der Waals surface area contributed by atoms with Gasteiger partial charge in [0.1, 0.15) is 5.76 Å². The summed E-state index contributed by atoms with van der Waals surface area (Å²) in [5.74, 6) is 2.10. The summed E-state index contributed by atoms with van der Waals surface area (Å²) in [7, 11) is 2.25. The largest absolute Gasteiger partial charge is 0.468 e. The molecule has 20 heavy (non-hydrogen) atoms. The van der Waals surface area contributed by atoms with Crippen LogP contribution < -0.4 is 5.32 Å². The van der Waals surface area contributed by atoms with Crippen LogP contribution in [0.5, 0.6) is 0 Å². The Hall–Kier alpha value is -0.800. The van der Waals surface area contributed by atoms with Gasteiger partial charge in [-0.1, -0.05) is 20.3 Å². The third kappa shape index (κ3) is 4.10. The van der Waals surface area contributed by atoms with Crippen molar-refractivity contribution in [3.63, 3.8) is 0 Å². The molecule has 0 radical (unpaired) electrons. The van der Waals surface area contributed by atoms with Crippen LogP contribution in [0.1, 0.15) is 57.3 Å². The summed E-state index contributed by atoms with van der Waals surface area (Å²) in [4.78, 5) is 2.49. The summed E-state index contributed by atoms with van der Waals surface area (Å²) in [6.45, 7) is 7.32. The van der Waals surface area contributed by atoms with Crippen molar-refractivity contribution < 1.29 is 4.42 Å². The molecule has 0 saturated heterocycles. The van der Waals surface area contributed by atoms with Gasteiger partial charge in [-0.15, -0.1) is 0 Å². The maximum atomic E-state index is 5.68. The SMILES string of the molecule is CCNCc1ccoc1CN(C)C1CCC(CC)CC1. The van der Waals surface area contributed by atoms with Crippen LogP contribution in [0.2, 0.25) is 0 Å². The van der Waals surface area contributed by atoms with Gasteiger partial charge in [-0.3, -0.25) is 4.90 Å². The van der Waals surface area contributed by atoms with Gasteiger partial charge in [-0.2, -0.15) is 0 Å². The number of furan rings is 1. The Bertz CT molecular complexity index is 380. The third-order valence-corrected chi connectivity index (χ3v) is 4.81. The molecule has 1 heterocycles. The van der Waals surface area contributed by atoms with Gasteiger partial charge in [-0.25, -0.2) is 0 Å². The Balaban J connectivity index is 1.85. The second-order valence-corrected chi connectivity index (χ2v) is 6.15. The van der Waals surface area contributed by atoms with E-state index in [1.807, 2.05) is 6.26 Å². The van der Waals surface area contributed by atoms with Crippen LogP contribution in [0, 0.1) is 5.92 Å². The molecule has 0 aliphatic heterocycles. The molecule has 1 aromatic heterocycles. The molecule has 1 fully saturated rings. The highest BCUT2D eigenvalue weighted by molar-refractivity contribution is 5.16. The van der Waals surface area contributed by atoms with E-state index in [0.717, 1.165) is 37.4 Å². The van der Waals surface area contributed by atoms with E-state index in [2.05, 4.69) is 37.2 Å². The molecular weight excluding hydrogens is 248 g/mol. The summed E-state index contributed by atoms with van der Waals surface area (Å²) in [6, 6.07) is 2.83. The lowest BCUT2D eigenvalue weighted by Crippen LogP contribution is -2.34. The first-order valence-corrected chi connectivity index (χ1v) is 8.20. The standard InChI is InChI=1S/C17H30N2O/c1-4-14-6-8-16(9-7-14)19(3)13-17-15(10-11-20-17)12-18-5-2/h10-11,14,16,18H,4-9,12-13H2,1-3H3. The van der Waals surface area contributed by atoms with E-state index >= 15 is 0 Å². The molecule has 3 heteroatoms. The second kappa shape index (κ2) is 7.84. The molecule has 0 unspecified atom stereocenters. The zero-order valence-electron chi connectivity index (χ0n) is 13.3. The van der Waals surface area contributed by atoms with E-state index in [-0.39, 0.29) is 0 Å². The first-order chi connectivity index (χ1) is 9.74. The Morgan fingerprint density at radius 1 is 1.25 bits per heavy atom. The predicted molar refractivity (Wildman–Crippen MR) is 83.6 cm³/mol. The van der Waals surface area contributed by atoms with Crippen LogP contribution in [0.4, 0.5) is 0 Å². The van der Waals surface area contributed by atoms with E-state index in [1.165, 1.54) is 37.7 Å². The zero-order valence-corrected chi connectivity index (χ0v) is 13.3. The monoisotopic (exact) mass is 278 g/mol. The molecule has 3 nitrogen and oxygen atoms in total. The third-order valence-electron chi connectivity index (χ3n) is 4.81. The molecule has 0 aromatic carbocycles. The first-order valence-electron chi connectivity index (χ1n) is 8.20. The topological polar surface area (TPSA) is 28.4 Å². The van der Waals surface area contributed by atoms with Crippen molar-refractivity contribution in [1.29, 1.82) is 0 Å². The van der Waals surface area contributed by atoms with Crippen LogP contribution in [-0.2, 0) is 13.1 Å². The fraction of sp³-hybridized carbons (Fsp3) is 0.765. The van der Waals surface area contributed by atoms with Crippen molar-refractivity contribution in [1.82, 2.24) is 10.2 Å². The van der Waals surface area contributed by atoms with Crippen LogP contribution in [0.25, 0.3) is 0 Å². The lowest BCUT2D eigenvalue weighted by atomic mass is 9.84. The van der Waals surface area contributed by atoms with E-state index in [9.17, 15) is 0 Å². The maximum absolute atomic E-state index is 5.68. The Morgan fingerprint density at radius 3 is 2.65 bits per heavy atom. The van der Waals surface area contributed by atoms with Gasteiger partial charge >= 0.3 is 0 Å². The van der Waals surface area contributed by atoms with Gasteiger partial charge in [0.15, 0.2) is 0 Å². The normalized spacial score (nSPS) is 23.4. The van der Waals surface area contributed by atoms with Crippen LogP contribution >= 0.6 is 0 Å². The molecule has 1 aromatic rings. The number of hydrogen-bond acceptors (Lipinski definition) is 3. The Kier molecular flexibility index (Phi) is 6.11. The van der Waals surface area contributed by atoms with Crippen LogP contribution in [0.15, 0.2) is 16.7 Å². The van der Waals surface area contributed by atoms with E-state index in [0.29, 0.717) is 0 Å². The first kappa shape index (κ1) is 15.6. The van der Waals surface area contributed by atoms with Gasteiger partial charge in [0.05, 0.1) is 12.8 Å². The van der Waals surface area contributed by atoms with Crippen molar-refractivity contribution in [2.45, 2.75) is 65.1 Å². The average molecular weight is 278 g/mol. The molecule has 0 bridgehead atoms. The average Bonchev–Trinajstić information content (AvgIpc) is 2.92. The number of hydrogen-bond donors (Lipinski definition) is 1. The summed E-state index contributed by atoms with van der Waals surface area (Å²) < 4.78 is 5.68. The van der Waals surface area contributed by atoms with Crippen molar-refractivity contribution in [2.75, 3.05) is 13.6 Å². The maximum Gasteiger partial charge on any atom is 0.122 e. The molecule has 114 valence electrons. The molecule has 0 atom stereocenters. The lowest BCUT2D eigenvalue weighted by Gasteiger charge is -2.34. The molecule has 1 N–H and O–H groups in total. The summed E-state index contributed by atoms with van der Waals surface area (Å²) in [5.41, 5.74) is 1.31. The fourth-order valence-corrected chi connectivity index (χ4v) is 3.27. The summed E-state index contributed by atoms with van der Waals surface area (Å²) in [6.07, 6.45) is 8.66. The minimum Gasteiger partial charge on any atom is -0.468 e. The van der Waals surface area contributed by atoms with Crippen LogP contribution in [0.3, 0.4) is 0 Å². The van der Waals surface area contributed by atoms with Gasteiger partial charge in [-0.05, 0) is 51.3 Å². The number of nitrogens with zero attached hydrogens (tertiary/aromatic N) is 1. The van der Waals surface area contributed by atoms with E-state index < -0.39 is 0 Å². The second-order valence-electron chi connectivity index (χ2n) is 6.15. The minimum atomic E-state index is 0.731. The number of nitrogens with one attached hydrogen (secondary N) is 1. The van der Waals surface area contributed by atoms with E-state index in [1.54, 1.807) is 0 Å². The quantitative estimate of drug-likeness (QED) is 0.822. The van der Waals surface area contributed by atoms with Crippen molar-refractivity contribution >= 4 is 0 Å². The molecule has 1 aliphatic rings. The molecular formula is C17H30N2O. The molecule has 2 rings (SSSR count). The van der Waals surface area contributed by atoms with Crippen molar-refractivity contribution in [3.05, 3.63) is 23.7 Å². The summed E-state index contributed by atoms with van der Waals surface area (Å²) in [5, 5.41) is 3.38. The highest BCUT2D eigenvalue weighted by Gasteiger charge is 2.24. The molecule has 1 saturated carbocycles. The number of rotatable bonds is 7. The molecule has 0 amide bonds. The Labute approximate surface area is 123 Å². The van der Waals surface area contributed by atoms with Crippen molar-refractivity contribution in [3.8, 4) is 0 Å². The fourth-order valence-electron chi connectivity index (χ4n) is 3.27. The predicted octanol–water partition coefficient (Wildman–Crippen LogP) is 3.79. The van der Waals surface area contributed by atoms with Crippen molar-refractivity contribution in [2.24, 2.45) is 5.92 Å². The van der Waals surface area contributed by atoms with Gasteiger partial charge < -0.3 is 9.73 Å². The molecule has 1 aliphatic carbocycles. The van der Waals surface area contributed by atoms with Gasteiger partial charge in [0.25, 0.3) is 0 Å². The van der Waals surface area contributed by atoms with Gasteiger partial charge in [0, 0.05) is 18.2 Å².